The van der Waals surface area contributed by atoms with Gasteiger partial charge in [-0.05, 0) is 43.3 Å². The minimum atomic E-state index is -0.302. The third-order valence-corrected chi connectivity index (χ3v) is 5.76. The van der Waals surface area contributed by atoms with Gasteiger partial charge in [-0.2, -0.15) is 4.99 Å². The minimum absolute atomic E-state index is 0.302. The number of thiazole rings is 1. The van der Waals surface area contributed by atoms with Gasteiger partial charge in [-0.3, -0.25) is 14.8 Å². The van der Waals surface area contributed by atoms with E-state index in [0.29, 0.717) is 35.6 Å². The number of hydrogen-bond donors (Lipinski definition) is 0. The van der Waals surface area contributed by atoms with E-state index in [-0.39, 0.29) is 5.91 Å². The Labute approximate surface area is 173 Å². The Bertz CT molecular complexity index is 1230. The van der Waals surface area contributed by atoms with Crippen LogP contribution in [0.2, 0.25) is 0 Å². The fraction of sp³-hybridized carbons (Fsp3) is 0.200. The highest BCUT2D eigenvalue weighted by molar-refractivity contribution is 9.10. The summed E-state index contributed by atoms with van der Waals surface area (Å²) in [5.41, 5.74) is 2.94. The predicted molar refractivity (Wildman–Crippen MR) is 113 cm³/mol. The first kappa shape index (κ1) is 18.9. The van der Waals surface area contributed by atoms with Crippen molar-refractivity contribution in [3.05, 3.63) is 63.6 Å². The Balaban J connectivity index is 1.77. The number of ether oxygens (including phenoxy) is 1. The lowest BCUT2D eigenvalue weighted by Crippen LogP contribution is -2.19. The molecule has 28 heavy (non-hydrogen) atoms. The lowest BCUT2D eigenvalue weighted by atomic mass is 10.2. The van der Waals surface area contributed by atoms with Crippen LogP contribution in [0.5, 0.6) is 0 Å². The van der Waals surface area contributed by atoms with E-state index in [9.17, 15) is 4.79 Å². The van der Waals surface area contributed by atoms with Crippen LogP contribution < -0.4 is 4.80 Å². The summed E-state index contributed by atoms with van der Waals surface area (Å²) in [6.07, 6.45) is 3.24. The van der Waals surface area contributed by atoms with Crippen LogP contribution >= 0.6 is 27.3 Å². The molecule has 0 aliphatic carbocycles. The molecule has 0 aliphatic heterocycles. The van der Waals surface area contributed by atoms with Crippen molar-refractivity contribution in [2.75, 3.05) is 13.2 Å². The number of carbonyl (C=O) groups is 1. The molecule has 2 aromatic carbocycles. The Kier molecular flexibility index (Phi) is 5.61. The van der Waals surface area contributed by atoms with Gasteiger partial charge in [-0.25, -0.2) is 0 Å². The zero-order valence-electron chi connectivity index (χ0n) is 15.1. The fourth-order valence-corrected chi connectivity index (χ4v) is 4.50. The molecule has 0 saturated heterocycles. The second-order valence-electron chi connectivity index (χ2n) is 6.02. The summed E-state index contributed by atoms with van der Waals surface area (Å²) in [6.45, 7) is 3.80. The smallest absolute Gasteiger partial charge is 0.279 e. The van der Waals surface area contributed by atoms with Gasteiger partial charge in [0.25, 0.3) is 5.91 Å². The number of carbonyl (C=O) groups excluding carboxylic acids is 1. The fourth-order valence-electron chi connectivity index (χ4n) is 2.90. The lowest BCUT2D eigenvalue weighted by molar-refractivity contribution is 0.0996. The van der Waals surface area contributed by atoms with Gasteiger partial charge in [0.15, 0.2) is 4.80 Å². The van der Waals surface area contributed by atoms with Crippen molar-refractivity contribution < 1.29 is 9.53 Å². The van der Waals surface area contributed by atoms with Crippen LogP contribution in [0.4, 0.5) is 0 Å². The monoisotopic (exact) mass is 456 g/mol. The molecule has 0 bridgehead atoms. The molecule has 2 aromatic heterocycles. The van der Waals surface area contributed by atoms with Crippen molar-refractivity contribution in [3.8, 4) is 0 Å². The molecule has 4 rings (SSSR count). The largest absolute Gasteiger partial charge is 0.380 e. The van der Waals surface area contributed by atoms with Crippen molar-refractivity contribution in [2.45, 2.75) is 13.5 Å². The highest BCUT2D eigenvalue weighted by atomic mass is 79.9. The van der Waals surface area contributed by atoms with Crippen LogP contribution in [0.25, 0.3) is 21.3 Å². The molecule has 8 heteroatoms. The molecule has 0 saturated carbocycles. The average molecular weight is 457 g/mol. The predicted octanol–water partition coefficient (Wildman–Crippen LogP) is 4.19. The molecule has 0 spiro atoms. The van der Waals surface area contributed by atoms with Crippen molar-refractivity contribution in [1.29, 1.82) is 0 Å². The molecule has 0 radical (unpaired) electrons. The first-order chi connectivity index (χ1) is 13.7. The third-order valence-electron chi connectivity index (χ3n) is 4.22. The summed E-state index contributed by atoms with van der Waals surface area (Å²) < 4.78 is 9.58. The van der Waals surface area contributed by atoms with Crippen LogP contribution in [-0.4, -0.2) is 33.7 Å². The second-order valence-corrected chi connectivity index (χ2v) is 7.95. The highest BCUT2D eigenvalue weighted by Crippen LogP contribution is 2.22. The molecule has 2 heterocycles. The van der Waals surface area contributed by atoms with E-state index in [1.54, 1.807) is 30.6 Å². The Hall–Kier alpha value is -2.42. The van der Waals surface area contributed by atoms with Crippen LogP contribution in [0.3, 0.4) is 0 Å². The van der Waals surface area contributed by atoms with E-state index in [1.165, 1.54) is 11.3 Å². The van der Waals surface area contributed by atoms with Crippen LogP contribution in [0.15, 0.2) is 58.3 Å². The molecule has 0 atom stereocenters. The zero-order valence-corrected chi connectivity index (χ0v) is 17.5. The number of amides is 1. The summed E-state index contributed by atoms with van der Waals surface area (Å²) in [4.78, 5) is 26.4. The molecule has 0 N–H and O–H groups in total. The number of nitrogens with zero attached hydrogens (tertiary/aromatic N) is 4. The molecule has 4 aromatic rings. The van der Waals surface area contributed by atoms with Crippen LogP contribution in [0.1, 0.15) is 17.3 Å². The molecule has 0 aliphatic rings. The topological polar surface area (TPSA) is 69.4 Å². The Morgan fingerprint density at radius 1 is 1.18 bits per heavy atom. The van der Waals surface area contributed by atoms with E-state index in [0.717, 1.165) is 20.2 Å². The van der Waals surface area contributed by atoms with Gasteiger partial charge in [0.1, 0.15) is 0 Å². The number of aromatic nitrogens is 3. The maximum atomic E-state index is 12.8. The van der Waals surface area contributed by atoms with E-state index in [1.807, 2.05) is 29.7 Å². The molecule has 142 valence electrons. The van der Waals surface area contributed by atoms with E-state index in [4.69, 9.17) is 4.74 Å². The molecular weight excluding hydrogens is 440 g/mol. The highest BCUT2D eigenvalue weighted by Gasteiger charge is 2.11. The van der Waals surface area contributed by atoms with Gasteiger partial charge in [0.05, 0.1) is 27.9 Å². The van der Waals surface area contributed by atoms with Gasteiger partial charge in [-0.15, -0.1) is 0 Å². The Morgan fingerprint density at radius 2 is 2.00 bits per heavy atom. The number of fused-ring (bicyclic) bond motifs is 2. The van der Waals surface area contributed by atoms with Gasteiger partial charge in [-0.1, -0.05) is 27.3 Å². The third kappa shape index (κ3) is 3.89. The standard InChI is InChI=1S/C20H17BrN4O2S/c1-2-27-10-9-25-17-6-4-14(21)12-18(17)28-20(25)24-19(26)13-3-5-15-16(11-13)23-8-7-22-15/h3-8,11-12H,2,9-10H2,1H3. The Morgan fingerprint density at radius 3 is 2.82 bits per heavy atom. The number of halogens is 1. The lowest BCUT2D eigenvalue weighted by Gasteiger charge is -2.05. The molecule has 1 amide bonds. The SMILES string of the molecule is CCOCCn1c(=NC(=O)c2ccc3nccnc3c2)sc2cc(Br)ccc21. The number of hydrogen-bond acceptors (Lipinski definition) is 5. The molecule has 6 nitrogen and oxygen atoms in total. The summed E-state index contributed by atoms with van der Waals surface area (Å²) in [5, 5.41) is 0. The number of rotatable bonds is 5. The average Bonchev–Trinajstić information content (AvgIpc) is 3.04. The van der Waals surface area contributed by atoms with Crippen molar-refractivity contribution in [1.82, 2.24) is 14.5 Å². The number of benzene rings is 2. The van der Waals surface area contributed by atoms with Crippen molar-refractivity contribution in [2.24, 2.45) is 4.99 Å². The van der Waals surface area contributed by atoms with Crippen LogP contribution in [-0.2, 0) is 11.3 Å². The quantitative estimate of drug-likeness (QED) is 0.422. The van der Waals surface area contributed by atoms with Gasteiger partial charge < -0.3 is 9.30 Å². The normalized spacial score (nSPS) is 12.1. The van der Waals surface area contributed by atoms with Gasteiger partial charge >= 0.3 is 0 Å². The van der Waals surface area contributed by atoms with Gasteiger partial charge in [0.2, 0.25) is 0 Å². The summed E-state index contributed by atoms with van der Waals surface area (Å²) >= 11 is 4.99. The maximum absolute atomic E-state index is 12.8. The summed E-state index contributed by atoms with van der Waals surface area (Å²) in [6, 6.07) is 11.3. The van der Waals surface area contributed by atoms with Crippen LogP contribution in [0, 0.1) is 0 Å². The molecule has 0 fully saturated rings. The molecule has 0 unspecified atom stereocenters. The van der Waals surface area contributed by atoms with Crippen molar-refractivity contribution >= 4 is 54.4 Å². The maximum Gasteiger partial charge on any atom is 0.279 e. The van der Waals surface area contributed by atoms with E-state index in [2.05, 4.69) is 30.9 Å². The van der Waals surface area contributed by atoms with Crippen molar-refractivity contribution in [3.63, 3.8) is 0 Å². The zero-order chi connectivity index (χ0) is 19.5. The first-order valence-corrected chi connectivity index (χ1v) is 10.4. The second kappa shape index (κ2) is 8.30. The van der Waals surface area contributed by atoms with E-state index >= 15 is 0 Å². The summed E-state index contributed by atoms with van der Waals surface area (Å²) in [7, 11) is 0. The summed E-state index contributed by atoms with van der Waals surface area (Å²) in [5.74, 6) is -0.302. The first-order valence-electron chi connectivity index (χ1n) is 8.82. The minimum Gasteiger partial charge on any atom is -0.380 e. The van der Waals surface area contributed by atoms with E-state index < -0.39 is 0 Å². The molecular formula is C20H17BrN4O2S. The van der Waals surface area contributed by atoms with Gasteiger partial charge in [0, 0.05) is 35.6 Å².